The lowest BCUT2D eigenvalue weighted by Gasteiger charge is -2.14. The van der Waals surface area contributed by atoms with E-state index in [2.05, 4.69) is 17.9 Å². The van der Waals surface area contributed by atoms with Crippen LogP contribution in [0.4, 0.5) is 0 Å². The van der Waals surface area contributed by atoms with Crippen molar-refractivity contribution < 1.29 is 19.7 Å². The van der Waals surface area contributed by atoms with Crippen molar-refractivity contribution in [2.75, 3.05) is 6.61 Å². The van der Waals surface area contributed by atoms with Gasteiger partial charge >= 0.3 is 0 Å². The third kappa shape index (κ3) is 15.4. The fraction of sp³-hybridized carbons (Fsp3) is 0.480. The van der Waals surface area contributed by atoms with E-state index in [9.17, 15) is 9.90 Å². The van der Waals surface area contributed by atoms with E-state index in [-0.39, 0.29) is 18.3 Å². The number of aliphatic hydroxyl groups excluding tert-OH is 1. The van der Waals surface area contributed by atoms with Crippen LogP contribution >= 0.6 is 0 Å². The molecule has 0 fully saturated rings. The van der Waals surface area contributed by atoms with Crippen LogP contribution in [0.3, 0.4) is 0 Å². The number of aromatic hydroxyl groups is 1. The fourth-order valence-corrected chi connectivity index (χ4v) is 2.26. The molecule has 0 atom stereocenters. The summed E-state index contributed by atoms with van der Waals surface area (Å²) in [6.07, 6.45) is 1.65. The maximum Gasteiger partial charge on any atom is 0.214 e. The second kappa shape index (κ2) is 21.2. The average Bonchev–Trinajstić information content (AvgIpc) is 2.74. The van der Waals surface area contributed by atoms with Crippen LogP contribution in [0.1, 0.15) is 71.6 Å². The SMILES string of the molecule is CC.CC.CC.CC(N)=O.Cc1cc(CCCO)cc(C)c1Oc1ccc(O)cc1. The van der Waals surface area contributed by atoms with Crippen molar-refractivity contribution in [3.8, 4) is 17.2 Å². The first-order valence-electron chi connectivity index (χ1n) is 10.8. The Balaban J connectivity index is -0.000000627. The number of hydrogen-bond donors (Lipinski definition) is 3. The first-order valence-corrected chi connectivity index (χ1v) is 10.8. The summed E-state index contributed by atoms with van der Waals surface area (Å²) in [6.45, 7) is 17.6. The molecular formula is C25H43NO4. The standard InChI is InChI=1S/C17H20O3.C2H5NO.3C2H6/c1-12-10-14(4-3-9-18)11-13(2)17(12)20-16-7-5-15(19)6-8-16;1-2(3)4;3*1-2/h5-8,10-11,18-19H,3-4,9H2,1-2H3;1H3,(H2,3,4);3*1-2H3. The number of nitrogens with two attached hydrogens (primary N) is 1. The zero-order chi connectivity index (χ0) is 24.1. The van der Waals surface area contributed by atoms with E-state index >= 15 is 0 Å². The Hall–Kier alpha value is -2.53. The summed E-state index contributed by atoms with van der Waals surface area (Å²) in [5.74, 6) is 1.45. The lowest BCUT2D eigenvalue weighted by molar-refractivity contribution is -0.115. The number of benzene rings is 2. The fourth-order valence-electron chi connectivity index (χ4n) is 2.26. The molecular weight excluding hydrogens is 378 g/mol. The van der Waals surface area contributed by atoms with E-state index in [1.807, 2.05) is 55.4 Å². The number of ether oxygens (including phenoxy) is 1. The molecule has 0 heterocycles. The van der Waals surface area contributed by atoms with Gasteiger partial charge in [0.2, 0.25) is 5.91 Å². The van der Waals surface area contributed by atoms with Crippen molar-refractivity contribution in [3.63, 3.8) is 0 Å². The van der Waals surface area contributed by atoms with Gasteiger partial charge < -0.3 is 20.7 Å². The lowest BCUT2D eigenvalue weighted by Crippen LogP contribution is -2.01. The maximum absolute atomic E-state index is 9.27. The van der Waals surface area contributed by atoms with Gasteiger partial charge in [-0.15, -0.1) is 0 Å². The molecule has 0 radical (unpaired) electrons. The van der Waals surface area contributed by atoms with Crippen molar-refractivity contribution in [1.82, 2.24) is 0 Å². The van der Waals surface area contributed by atoms with Gasteiger partial charge in [-0.2, -0.15) is 0 Å². The Morgan fingerprint density at radius 2 is 1.33 bits per heavy atom. The molecule has 0 aliphatic heterocycles. The molecule has 172 valence electrons. The minimum Gasteiger partial charge on any atom is -0.508 e. The monoisotopic (exact) mass is 421 g/mol. The lowest BCUT2D eigenvalue weighted by atomic mass is 10.0. The Bertz CT molecular complexity index is 640. The highest BCUT2D eigenvalue weighted by atomic mass is 16.5. The van der Waals surface area contributed by atoms with Crippen LogP contribution in [0, 0.1) is 13.8 Å². The van der Waals surface area contributed by atoms with E-state index in [4.69, 9.17) is 9.84 Å². The second-order valence-electron chi connectivity index (χ2n) is 5.59. The number of aliphatic hydroxyl groups is 1. The van der Waals surface area contributed by atoms with Gasteiger partial charge in [-0.05, 0) is 67.6 Å². The van der Waals surface area contributed by atoms with Gasteiger partial charge in [0.15, 0.2) is 0 Å². The molecule has 30 heavy (non-hydrogen) atoms. The summed E-state index contributed by atoms with van der Waals surface area (Å²) in [4.78, 5) is 9.22. The zero-order valence-corrected chi connectivity index (χ0v) is 20.4. The predicted octanol–water partition coefficient (Wildman–Crippen LogP) is 6.30. The third-order valence-corrected chi connectivity index (χ3v) is 3.20. The number of carbonyl (C=O) groups is 1. The predicted molar refractivity (Wildman–Crippen MR) is 128 cm³/mol. The van der Waals surface area contributed by atoms with Crippen molar-refractivity contribution in [2.24, 2.45) is 5.73 Å². The Labute approximate surface area is 183 Å². The van der Waals surface area contributed by atoms with E-state index < -0.39 is 0 Å². The molecule has 5 nitrogen and oxygen atoms in total. The van der Waals surface area contributed by atoms with Gasteiger partial charge in [0.25, 0.3) is 0 Å². The second-order valence-corrected chi connectivity index (χ2v) is 5.59. The van der Waals surface area contributed by atoms with Crippen LogP contribution in [0.5, 0.6) is 17.2 Å². The maximum atomic E-state index is 9.27. The summed E-state index contributed by atoms with van der Waals surface area (Å²) in [6, 6.07) is 10.9. The number of amides is 1. The molecule has 1 amide bonds. The summed E-state index contributed by atoms with van der Waals surface area (Å²) in [5, 5.41) is 18.2. The molecule has 0 saturated carbocycles. The first kappa shape index (κ1) is 32.1. The van der Waals surface area contributed by atoms with Gasteiger partial charge in [-0.25, -0.2) is 0 Å². The molecule has 0 unspecified atom stereocenters. The molecule has 2 aromatic carbocycles. The van der Waals surface area contributed by atoms with E-state index in [0.717, 1.165) is 29.7 Å². The van der Waals surface area contributed by atoms with Crippen LogP contribution in [0.25, 0.3) is 0 Å². The molecule has 0 saturated heterocycles. The molecule has 5 heteroatoms. The number of aryl methyl sites for hydroxylation is 3. The van der Waals surface area contributed by atoms with Crippen molar-refractivity contribution in [3.05, 3.63) is 53.1 Å². The van der Waals surface area contributed by atoms with E-state index in [0.29, 0.717) is 5.75 Å². The van der Waals surface area contributed by atoms with Crippen molar-refractivity contribution >= 4 is 5.91 Å². The normalized spacial score (nSPS) is 8.47. The minimum absolute atomic E-state index is 0.212. The molecule has 0 aliphatic carbocycles. The Morgan fingerprint density at radius 3 is 1.70 bits per heavy atom. The smallest absolute Gasteiger partial charge is 0.214 e. The molecule has 2 rings (SSSR count). The van der Waals surface area contributed by atoms with Gasteiger partial charge in [0, 0.05) is 13.5 Å². The third-order valence-electron chi connectivity index (χ3n) is 3.20. The number of hydrogen-bond acceptors (Lipinski definition) is 4. The van der Waals surface area contributed by atoms with Crippen LogP contribution in [-0.2, 0) is 11.2 Å². The topological polar surface area (TPSA) is 92.8 Å². The molecule has 0 aliphatic rings. The number of rotatable bonds is 5. The van der Waals surface area contributed by atoms with Gasteiger partial charge in [0.1, 0.15) is 17.2 Å². The van der Waals surface area contributed by atoms with Crippen LogP contribution in [0.2, 0.25) is 0 Å². The molecule has 0 aromatic heterocycles. The molecule has 0 bridgehead atoms. The summed E-state index contributed by atoms with van der Waals surface area (Å²) < 4.78 is 5.89. The van der Waals surface area contributed by atoms with Gasteiger partial charge in [-0.3, -0.25) is 4.79 Å². The molecule has 4 N–H and O–H groups in total. The number of carbonyl (C=O) groups excluding carboxylic acids is 1. The highest BCUT2D eigenvalue weighted by Gasteiger charge is 2.08. The Kier molecular flexibility index (Phi) is 22.7. The van der Waals surface area contributed by atoms with E-state index in [1.54, 1.807) is 24.3 Å². The van der Waals surface area contributed by atoms with E-state index in [1.165, 1.54) is 12.5 Å². The Morgan fingerprint density at radius 1 is 0.933 bits per heavy atom. The van der Waals surface area contributed by atoms with Crippen molar-refractivity contribution in [2.45, 2.75) is 75.2 Å². The minimum atomic E-state index is -0.333. The summed E-state index contributed by atoms with van der Waals surface area (Å²) >= 11 is 0. The highest BCUT2D eigenvalue weighted by molar-refractivity contribution is 5.70. The van der Waals surface area contributed by atoms with Gasteiger partial charge in [-0.1, -0.05) is 53.7 Å². The molecule has 2 aromatic rings. The quantitative estimate of drug-likeness (QED) is 0.528. The van der Waals surface area contributed by atoms with Gasteiger partial charge in [0.05, 0.1) is 0 Å². The van der Waals surface area contributed by atoms with Crippen LogP contribution in [0.15, 0.2) is 36.4 Å². The number of phenolic OH excluding ortho intramolecular Hbond substituents is 1. The zero-order valence-electron chi connectivity index (χ0n) is 20.4. The summed E-state index contributed by atoms with van der Waals surface area (Å²) in [5.41, 5.74) is 7.84. The average molecular weight is 422 g/mol. The molecule has 0 spiro atoms. The number of primary amides is 1. The summed E-state index contributed by atoms with van der Waals surface area (Å²) in [7, 11) is 0. The number of phenols is 1. The highest BCUT2D eigenvalue weighted by Crippen LogP contribution is 2.30. The van der Waals surface area contributed by atoms with Crippen molar-refractivity contribution in [1.29, 1.82) is 0 Å². The largest absolute Gasteiger partial charge is 0.508 e. The van der Waals surface area contributed by atoms with Crippen LogP contribution in [-0.4, -0.2) is 22.7 Å². The van der Waals surface area contributed by atoms with Crippen LogP contribution < -0.4 is 10.5 Å². The first-order chi connectivity index (χ1) is 14.3.